The molecule has 126 valence electrons. The number of fused-ring (bicyclic) bond motifs is 1. The van der Waals surface area contributed by atoms with Crippen molar-refractivity contribution in [1.82, 2.24) is 24.7 Å². The lowest BCUT2D eigenvalue weighted by Gasteiger charge is -2.13. The molecule has 1 aromatic carbocycles. The number of ether oxygens (including phenoxy) is 1. The smallest absolute Gasteiger partial charge is 0.154 e. The predicted molar refractivity (Wildman–Crippen MR) is 96.0 cm³/mol. The minimum atomic E-state index is 0.0424. The van der Waals surface area contributed by atoms with Crippen molar-refractivity contribution in [2.24, 2.45) is 0 Å². The first kappa shape index (κ1) is 15.2. The molecule has 0 bridgehead atoms. The first-order valence-corrected chi connectivity index (χ1v) is 7.98. The number of hydrogen-bond donors (Lipinski definition) is 2. The Kier molecular flexibility index (Phi) is 3.81. The Balaban J connectivity index is 1.58. The Bertz CT molecular complexity index is 1010. The summed E-state index contributed by atoms with van der Waals surface area (Å²) in [5.41, 5.74) is 3.79. The summed E-state index contributed by atoms with van der Waals surface area (Å²) < 4.78 is 7.11. The third kappa shape index (κ3) is 2.91. The van der Waals surface area contributed by atoms with Crippen LogP contribution >= 0.6 is 0 Å². The molecule has 2 N–H and O–H groups in total. The van der Waals surface area contributed by atoms with E-state index in [4.69, 9.17) is 4.74 Å². The monoisotopic (exact) mass is 334 g/mol. The average molecular weight is 334 g/mol. The van der Waals surface area contributed by atoms with Gasteiger partial charge < -0.3 is 15.0 Å². The molecule has 0 radical (unpaired) electrons. The lowest BCUT2D eigenvalue weighted by molar-refractivity contribution is 0.414. The highest BCUT2D eigenvalue weighted by Gasteiger charge is 2.12. The van der Waals surface area contributed by atoms with Crippen molar-refractivity contribution in [2.75, 3.05) is 12.4 Å². The lowest BCUT2D eigenvalue weighted by Crippen LogP contribution is -2.08. The van der Waals surface area contributed by atoms with E-state index in [1.165, 1.54) is 0 Å². The molecule has 0 fully saturated rings. The van der Waals surface area contributed by atoms with E-state index in [1.54, 1.807) is 13.4 Å². The number of aromatic nitrogens is 5. The first-order valence-electron chi connectivity index (χ1n) is 7.98. The summed E-state index contributed by atoms with van der Waals surface area (Å²) in [6.45, 7) is 2.07. The van der Waals surface area contributed by atoms with Crippen LogP contribution in [0, 0.1) is 0 Å². The number of rotatable bonds is 5. The molecule has 0 aliphatic carbocycles. The topological polar surface area (TPSA) is 80.6 Å². The van der Waals surface area contributed by atoms with Crippen molar-refractivity contribution in [3.05, 3.63) is 60.8 Å². The average Bonchev–Trinajstić information content (AvgIpc) is 3.31. The van der Waals surface area contributed by atoms with Gasteiger partial charge in [0.05, 0.1) is 30.6 Å². The molecule has 3 heterocycles. The van der Waals surface area contributed by atoms with Gasteiger partial charge in [-0.25, -0.2) is 14.6 Å². The van der Waals surface area contributed by atoms with Gasteiger partial charge in [-0.15, -0.1) is 0 Å². The Morgan fingerprint density at radius 1 is 1.24 bits per heavy atom. The van der Waals surface area contributed by atoms with Gasteiger partial charge >= 0.3 is 0 Å². The van der Waals surface area contributed by atoms with Crippen LogP contribution in [-0.4, -0.2) is 31.8 Å². The van der Waals surface area contributed by atoms with Gasteiger partial charge in [-0.2, -0.15) is 5.10 Å². The van der Waals surface area contributed by atoms with Gasteiger partial charge in [-0.1, -0.05) is 6.07 Å². The maximum absolute atomic E-state index is 5.27. The van der Waals surface area contributed by atoms with Crippen molar-refractivity contribution in [1.29, 1.82) is 0 Å². The van der Waals surface area contributed by atoms with Gasteiger partial charge in [0.2, 0.25) is 0 Å². The van der Waals surface area contributed by atoms with Gasteiger partial charge in [0.1, 0.15) is 17.6 Å². The number of benzene rings is 1. The van der Waals surface area contributed by atoms with Gasteiger partial charge in [-0.3, -0.25) is 0 Å². The second kappa shape index (κ2) is 6.27. The van der Waals surface area contributed by atoms with Gasteiger partial charge in [0.25, 0.3) is 0 Å². The van der Waals surface area contributed by atoms with Crippen LogP contribution in [0.25, 0.3) is 16.7 Å². The number of nitrogens with one attached hydrogen (secondary N) is 2. The fraction of sp³-hybridized carbons (Fsp3) is 0.167. The number of H-pyrrole nitrogens is 1. The van der Waals surface area contributed by atoms with E-state index < -0.39 is 0 Å². The highest BCUT2D eigenvalue weighted by atomic mass is 16.5. The van der Waals surface area contributed by atoms with Crippen molar-refractivity contribution in [3.63, 3.8) is 0 Å². The number of hydrogen-bond acceptors (Lipinski definition) is 5. The van der Waals surface area contributed by atoms with Crippen molar-refractivity contribution < 1.29 is 4.74 Å². The fourth-order valence-corrected chi connectivity index (χ4v) is 2.72. The number of nitrogens with zero attached hydrogens (tertiary/aromatic N) is 4. The van der Waals surface area contributed by atoms with Crippen LogP contribution in [0.5, 0.6) is 5.75 Å². The second-order valence-electron chi connectivity index (χ2n) is 5.75. The van der Waals surface area contributed by atoms with Crippen molar-refractivity contribution in [3.8, 4) is 11.4 Å². The molecular weight excluding hydrogens is 316 g/mol. The zero-order valence-electron chi connectivity index (χ0n) is 14.0. The summed E-state index contributed by atoms with van der Waals surface area (Å²) in [6, 6.07) is 9.76. The predicted octanol–water partition coefficient (Wildman–Crippen LogP) is 3.33. The van der Waals surface area contributed by atoms with E-state index in [0.29, 0.717) is 0 Å². The Labute approximate surface area is 144 Å². The molecule has 1 unspecified atom stereocenters. The second-order valence-corrected chi connectivity index (χ2v) is 5.75. The normalized spacial score (nSPS) is 12.2. The van der Waals surface area contributed by atoms with Crippen LogP contribution < -0.4 is 10.1 Å². The number of methoxy groups -OCH3 is 1. The molecule has 1 atom stereocenters. The molecule has 0 spiro atoms. The molecule has 0 saturated carbocycles. The quantitative estimate of drug-likeness (QED) is 0.585. The Morgan fingerprint density at radius 2 is 2.16 bits per heavy atom. The standard InChI is InChI=1S/C18H18N6O/c1-12(23-18-17-16(6-7-19-17)20-11-21-18)13-9-22-24(10-13)14-4-3-5-15(8-14)25-2/h3-12,19H,1-2H3,(H,20,21,23). The third-order valence-electron chi connectivity index (χ3n) is 4.12. The zero-order chi connectivity index (χ0) is 17.2. The van der Waals surface area contributed by atoms with Crippen LogP contribution in [-0.2, 0) is 0 Å². The first-order chi connectivity index (χ1) is 12.2. The van der Waals surface area contributed by atoms with Crippen LogP contribution in [0.3, 0.4) is 0 Å². The zero-order valence-corrected chi connectivity index (χ0v) is 14.0. The summed E-state index contributed by atoms with van der Waals surface area (Å²) in [7, 11) is 1.66. The van der Waals surface area contributed by atoms with E-state index in [1.807, 2.05) is 53.6 Å². The molecule has 7 heteroatoms. The molecule has 0 amide bonds. The molecule has 3 aromatic heterocycles. The van der Waals surface area contributed by atoms with Gasteiger partial charge in [0.15, 0.2) is 5.82 Å². The maximum Gasteiger partial charge on any atom is 0.154 e. The van der Waals surface area contributed by atoms with Gasteiger partial charge in [0, 0.05) is 24.0 Å². The molecule has 4 aromatic rings. The minimum absolute atomic E-state index is 0.0424. The highest BCUT2D eigenvalue weighted by molar-refractivity contribution is 5.85. The molecule has 7 nitrogen and oxygen atoms in total. The third-order valence-corrected chi connectivity index (χ3v) is 4.12. The molecule has 0 aliphatic heterocycles. The largest absolute Gasteiger partial charge is 0.497 e. The van der Waals surface area contributed by atoms with E-state index >= 15 is 0 Å². The Hall–Kier alpha value is -3.35. The molecule has 0 saturated heterocycles. The highest BCUT2D eigenvalue weighted by Crippen LogP contribution is 2.23. The van der Waals surface area contributed by atoms with E-state index in [0.717, 1.165) is 33.9 Å². The molecular formula is C18H18N6O. The lowest BCUT2D eigenvalue weighted by atomic mass is 10.2. The summed E-state index contributed by atoms with van der Waals surface area (Å²) in [6.07, 6.45) is 7.27. The molecule has 0 aliphatic rings. The molecule has 4 rings (SSSR count). The van der Waals surface area contributed by atoms with E-state index in [9.17, 15) is 0 Å². The van der Waals surface area contributed by atoms with Crippen molar-refractivity contribution in [2.45, 2.75) is 13.0 Å². The van der Waals surface area contributed by atoms with Crippen LogP contribution in [0.15, 0.2) is 55.2 Å². The summed E-state index contributed by atoms with van der Waals surface area (Å²) in [5.74, 6) is 1.58. The fourth-order valence-electron chi connectivity index (χ4n) is 2.72. The van der Waals surface area contributed by atoms with E-state index in [-0.39, 0.29) is 6.04 Å². The number of anilines is 1. The number of aromatic amines is 1. The maximum atomic E-state index is 5.27. The summed E-state index contributed by atoms with van der Waals surface area (Å²) >= 11 is 0. The van der Waals surface area contributed by atoms with Crippen LogP contribution in [0.4, 0.5) is 5.82 Å². The van der Waals surface area contributed by atoms with Crippen molar-refractivity contribution >= 4 is 16.9 Å². The Morgan fingerprint density at radius 3 is 3.04 bits per heavy atom. The summed E-state index contributed by atoms with van der Waals surface area (Å²) in [4.78, 5) is 11.7. The van der Waals surface area contributed by atoms with E-state index in [2.05, 4.69) is 32.3 Å². The molecule has 25 heavy (non-hydrogen) atoms. The SMILES string of the molecule is COc1cccc(-n2cc(C(C)Nc3ncnc4cc[nH]c34)cn2)c1. The van der Waals surface area contributed by atoms with Crippen LogP contribution in [0.1, 0.15) is 18.5 Å². The minimum Gasteiger partial charge on any atom is -0.497 e. The van der Waals surface area contributed by atoms with Gasteiger partial charge in [-0.05, 0) is 25.1 Å². The summed E-state index contributed by atoms with van der Waals surface area (Å²) in [5, 5.41) is 7.87. The van der Waals surface area contributed by atoms with Crippen LogP contribution in [0.2, 0.25) is 0 Å².